The minimum Gasteiger partial charge on any atom is -0.478 e. The number of imidazole rings is 1. The third-order valence-electron chi connectivity index (χ3n) is 3.48. The van der Waals surface area contributed by atoms with Crippen molar-refractivity contribution in [1.29, 1.82) is 0 Å². The first-order valence-electron chi connectivity index (χ1n) is 6.47. The van der Waals surface area contributed by atoms with E-state index >= 15 is 0 Å². The average Bonchev–Trinajstić information content (AvgIpc) is 2.74. The molecule has 1 aromatic heterocycles. The lowest BCUT2D eigenvalue weighted by atomic mass is 10.1. The van der Waals surface area contributed by atoms with Crippen LogP contribution in [0.15, 0.2) is 36.4 Å². The van der Waals surface area contributed by atoms with Gasteiger partial charge in [-0.05, 0) is 43.7 Å². The van der Waals surface area contributed by atoms with Crippen molar-refractivity contribution in [3.63, 3.8) is 0 Å². The van der Waals surface area contributed by atoms with Gasteiger partial charge in [-0.3, -0.25) is 4.57 Å². The van der Waals surface area contributed by atoms with E-state index in [4.69, 9.17) is 5.11 Å². The fourth-order valence-electron chi connectivity index (χ4n) is 2.52. The molecule has 106 valence electrons. The summed E-state index contributed by atoms with van der Waals surface area (Å²) in [6, 6.07) is 9.49. The molecule has 3 rings (SSSR count). The van der Waals surface area contributed by atoms with Gasteiger partial charge in [0.05, 0.1) is 22.3 Å². The van der Waals surface area contributed by atoms with E-state index in [1.807, 2.05) is 13.0 Å². The van der Waals surface area contributed by atoms with Gasteiger partial charge in [0.2, 0.25) is 0 Å². The number of halogens is 1. The van der Waals surface area contributed by atoms with Crippen molar-refractivity contribution in [1.82, 2.24) is 9.55 Å². The maximum atomic E-state index is 14.2. The van der Waals surface area contributed by atoms with Crippen molar-refractivity contribution in [3.05, 3.63) is 59.2 Å². The lowest BCUT2D eigenvalue weighted by Crippen LogP contribution is -2.03. The second-order valence-corrected chi connectivity index (χ2v) is 4.91. The highest BCUT2D eigenvalue weighted by atomic mass is 19.1. The van der Waals surface area contributed by atoms with Gasteiger partial charge in [0.1, 0.15) is 11.6 Å². The lowest BCUT2D eigenvalue weighted by molar-refractivity contribution is 0.0697. The Morgan fingerprint density at radius 2 is 2.00 bits per heavy atom. The van der Waals surface area contributed by atoms with E-state index in [9.17, 15) is 9.18 Å². The van der Waals surface area contributed by atoms with Gasteiger partial charge in [0.15, 0.2) is 0 Å². The minimum atomic E-state index is -1.02. The fraction of sp³-hybridized carbons (Fsp3) is 0.125. The predicted molar refractivity (Wildman–Crippen MR) is 77.5 cm³/mol. The second kappa shape index (κ2) is 4.70. The molecule has 4 nitrogen and oxygen atoms in total. The highest BCUT2D eigenvalue weighted by molar-refractivity contribution is 5.93. The van der Waals surface area contributed by atoms with Gasteiger partial charge in [-0.2, -0.15) is 0 Å². The number of nitrogens with zero attached hydrogens (tertiary/aromatic N) is 2. The van der Waals surface area contributed by atoms with Crippen LogP contribution in [0.2, 0.25) is 0 Å². The first-order chi connectivity index (χ1) is 9.99. The number of aromatic carboxylic acids is 1. The minimum absolute atomic E-state index is 0.151. The molecule has 21 heavy (non-hydrogen) atoms. The normalized spacial score (nSPS) is 11.0. The van der Waals surface area contributed by atoms with Gasteiger partial charge in [-0.1, -0.05) is 12.1 Å². The molecule has 5 heteroatoms. The van der Waals surface area contributed by atoms with Crippen molar-refractivity contribution < 1.29 is 14.3 Å². The van der Waals surface area contributed by atoms with Gasteiger partial charge in [-0.25, -0.2) is 14.2 Å². The summed E-state index contributed by atoms with van der Waals surface area (Å²) in [6.45, 7) is 3.58. The first kappa shape index (κ1) is 13.3. The summed E-state index contributed by atoms with van der Waals surface area (Å²) in [5, 5.41) is 9.12. The predicted octanol–water partition coefficient (Wildman–Crippen LogP) is 3.48. The van der Waals surface area contributed by atoms with Crippen LogP contribution >= 0.6 is 0 Å². The van der Waals surface area contributed by atoms with Crippen molar-refractivity contribution in [2.75, 3.05) is 0 Å². The summed E-state index contributed by atoms with van der Waals surface area (Å²) in [5.41, 5.74) is 2.54. The fourth-order valence-corrected chi connectivity index (χ4v) is 2.52. The summed E-state index contributed by atoms with van der Waals surface area (Å²) < 4.78 is 15.9. The van der Waals surface area contributed by atoms with Crippen LogP contribution in [-0.2, 0) is 0 Å². The largest absolute Gasteiger partial charge is 0.478 e. The van der Waals surface area contributed by atoms with E-state index in [0.717, 1.165) is 5.56 Å². The van der Waals surface area contributed by atoms with Crippen LogP contribution in [0, 0.1) is 19.7 Å². The number of fused-ring (bicyclic) bond motifs is 1. The Balaban J connectivity index is 2.39. The van der Waals surface area contributed by atoms with Gasteiger partial charge >= 0.3 is 5.97 Å². The second-order valence-electron chi connectivity index (χ2n) is 4.91. The number of aryl methyl sites for hydroxylation is 2. The Kier molecular flexibility index (Phi) is 2.97. The van der Waals surface area contributed by atoms with Crippen molar-refractivity contribution in [3.8, 4) is 5.69 Å². The molecular weight excluding hydrogens is 271 g/mol. The molecule has 2 aromatic carbocycles. The molecule has 0 unspecified atom stereocenters. The number of para-hydroxylation sites is 1. The van der Waals surface area contributed by atoms with Crippen LogP contribution in [0.3, 0.4) is 0 Å². The highest BCUT2D eigenvalue weighted by Gasteiger charge is 2.16. The SMILES string of the molecule is Cc1cccc(F)c1-n1c(C)nc2ccc(C(=O)O)cc21. The summed E-state index contributed by atoms with van der Waals surface area (Å²) in [6.07, 6.45) is 0. The molecule has 1 N–H and O–H groups in total. The zero-order valence-electron chi connectivity index (χ0n) is 11.6. The molecule has 0 aliphatic carbocycles. The molecule has 0 bridgehead atoms. The molecule has 0 aliphatic rings. The molecule has 0 aliphatic heterocycles. The molecular formula is C16H13FN2O2. The quantitative estimate of drug-likeness (QED) is 0.783. The number of aromatic nitrogens is 2. The molecule has 0 radical (unpaired) electrons. The van der Waals surface area contributed by atoms with E-state index in [0.29, 0.717) is 22.5 Å². The molecule has 0 spiro atoms. The Morgan fingerprint density at radius 3 is 2.67 bits per heavy atom. The topological polar surface area (TPSA) is 55.1 Å². The van der Waals surface area contributed by atoms with Crippen LogP contribution in [0.1, 0.15) is 21.7 Å². The lowest BCUT2D eigenvalue weighted by Gasteiger charge is -2.11. The Morgan fingerprint density at radius 1 is 1.24 bits per heavy atom. The van der Waals surface area contributed by atoms with Gasteiger partial charge < -0.3 is 5.11 Å². The molecule has 3 aromatic rings. The van der Waals surface area contributed by atoms with E-state index in [2.05, 4.69) is 4.98 Å². The van der Waals surface area contributed by atoms with Gasteiger partial charge in [0, 0.05) is 0 Å². The third-order valence-corrected chi connectivity index (χ3v) is 3.48. The maximum absolute atomic E-state index is 14.2. The standard InChI is InChI=1S/C16H13FN2O2/c1-9-4-3-5-12(17)15(9)19-10(2)18-13-7-6-11(16(20)21)8-14(13)19/h3-8H,1-2H3,(H,20,21). The van der Waals surface area contributed by atoms with Crippen molar-refractivity contribution >= 4 is 17.0 Å². The number of carbonyl (C=O) groups is 1. The first-order valence-corrected chi connectivity index (χ1v) is 6.47. The molecule has 0 atom stereocenters. The molecule has 0 saturated heterocycles. The number of hydrogen-bond acceptors (Lipinski definition) is 2. The molecule has 0 fully saturated rings. The van der Waals surface area contributed by atoms with Crippen LogP contribution < -0.4 is 0 Å². The van der Waals surface area contributed by atoms with E-state index in [1.165, 1.54) is 18.2 Å². The van der Waals surface area contributed by atoms with Crippen molar-refractivity contribution in [2.45, 2.75) is 13.8 Å². The Hall–Kier alpha value is -2.69. The van der Waals surface area contributed by atoms with E-state index in [1.54, 1.807) is 23.6 Å². The highest BCUT2D eigenvalue weighted by Crippen LogP contribution is 2.26. The van der Waals surface area contributed by atoms with Crippen LogP contribution in [0.4, 0.5) is 4.39 Å². The molecule has 1 heterocycles. The summed E-state index contributed by atoms with van der Waals surface area (Å²) in [5.74, 6) is -0.772. The van der Waals surface area contributed by atoms with E-state index < -0.39 is 5.97 Å². The molecule has 0 saturated carbocycles. The van der Waals surface area contributed by atoms with Gasteiger partial charge in [0.25, 0.3) is 0 Å². The summed E-state index contributed by atoms with van der Waals surface area (Å²) in [7, 11) is 0. The van der Waals surface area contributed by atoms with Crippen molar-refractivity contribution in [2.24, 2.45) is 0 Å². The zero-order valence-corrected chi connectivity index (χ0v) is 11.6. The molecule has 0 amide bonds. The number of benzene rings is 2. The van der Waals surface area contributed by atoms with Crippen LogP contribution in [0.25, 0.3) is 16.7 Å². The van der Waals surface area contributed by atoms with Crippen LogP contribution in [-0.4, -0.2) is 20.6 Å². The number of carboxylic acid groups (broad SMARTS) is 1. The van der Waals surface area contributed by atoms with Gasteiger partial charge in [-0.15, -0.1) is 0 Å². The summed E-state index contributed by atoms with van der Waals surface area (Å²) in [4.78, 5) is 15.5. The van der Waals surface area contributed by atoms with Crippen LogP contribution in [0.5, 0.6) is 0 Å². The zero-order chi connectivity index (χ0) is 15.1. The summed E-state index contributed by atoms with van der Waals surface area (Å²) >= 11 is 0. The smallest absolute Gasteiger partial charge is 0.335 e. The number of carboxylic acids is 1. The Bertz CT molecular complexity index is 848. The number of hydrogen-bond donors (Lipinski definition) is 1. The maximum Gasteiger partial charge on any atom is 0.335 e. The number of rotatable bonds is 2. The third kappa shape index (κ3) is 2.07. The Labute approximate surface area is 120 Å². The van der Waals surface area contributed by atoms with E-state index in [-0.39, 0.29) is 11.4 Å². The monoisotopic (exact) mass is 284 g/mol. The average molecular weight is 284 g/mol.